The fraction of sp³-hybridized carbons (Fsp3) is 0.571. The Morgan fingerprint density at radius 2 is 1.82 bits per heavy atom. The Kier molecular flexibility index (Phi) is 5.04. The van der Waals surface area contributed by atoms with Gasteiger partial charge in [-0.05, 0) is 63.4 Å². The maximum absolute atomic E-state index is 13.1. The predicted octanol–water partition coefficient (Wildman–Crippen LogP) is 3.65. The number of amides is 1. The first-order valence-electron chi connectivity index (χ1n) is 9.94. The van der Waals surface area contributed by atoms with E-state index in [9.17, 15) is 19.5 Å². The van der Waals surface area contributed by atoms with Crippen molar-refractivity contribution in [2.24, 2.45) is 23.7 Å². The van der Waals surface area contributed by atoms with Gasteiger partial charge in [-0.3, -0.25) is 9.59 Å². The largest absolute Gasteiger partial charge is 0.481 e. The molecule has 1 aromatic rings. The number of anilines is 1. The molecule has 150 valence electrons. The molecule has 4 aliphatic carbocycles. The van der Waals surface area contributed by atoms with E-state index >= 15 is 0 Å². The Morgan fingerprint density at radius 1 is 1.14 bits per heavy atom. The second-order valence-electron chi connectivity index (χ2n) is 8.18. The van der Waals surface area contributed by atoms with Crippen molar-refractivity contribution >= 4 is 34.2 Å². The summed E-state index contributed by atoms with van der Waals surface area (Å²) in [6, 6.07) is 0. The average molecular weight is 404 g/mol. The smallest absolute Gasteiger partial charge is 0.341 e. The molecule has 1 aromatic heterocycles. The molecule has 7 heteroatoms. The Hall–Kier alpha value is -2.15. The summed E-state index contributed by atoms with van der Waals surface area (Å²) in [5.41, 5.74) is 1.44. The van der Waals surface area contributed by atoms with Crippen LogP contribution in [0.5, 0.6) is 0 Å². The fourth-order valence-corrected chi connectivity index (χ4v) is 6.15. The third-order valence-electron chi connectivity index (χ3n) is 6.04. The van der Waals surface area contributed by atoms with Crippen LogP contribution in [0.15, 0.2) is 12.2 Å². The molecule has 1 amide bonds. The van der Waals surface area contributed by atoms with Crippen molar-refractivity contribution in [1.82, 2.24) is 0 Å². The Labute approximate surface area is 168 Å². The number of thiophene rings is 1. The quantitative estimate of drug-likeness (QED) is 0.578. The van der Waals surface area contributed by atoms with Gasteiger partial charge in [0.25, 0.3) is 0 Å². The van der Waals surface area contributed by atoms with Gasteiger partial charge < -0.3 is 15.2 Å². The number of carboxylic acid groups (broad SMARTS) is 1. The van der Waals surface area contributed by atoms with E-state index in [0.717, 1.165) is 42.5 Å². The van der Waals surface area contributed by atoms with E-state index in [1.165, 1.54) is 11.3 Å². The Morgan fingerprint density at radius 3 is 2.43 bits per heavy atom. The number of aryl methyl sites for hydroxylation is 1. The van der Waals surface area contributed by atoms with Gasteiger partial charge in [-0.15, -0.1) is 11.3 Å². The first-order valence-corrected chi connectivity index (χ1v) is 10.8. The van der Waals surface area contributed by atoms with E-state index in [4.69, 9.17) is 4.74 Å². The number of hydrogen-bond acceptors (Lipinski definition) is 5. The number of aliphatic carboxylic acids is 1. The molecule has 4 aliphatic rings. The lowest BCUT2D eigenvalue weighted by Crippen LogP contribution is -2.47. The summed E-state index contributed by atoms with van der Waals surface area (Å²) in [5.74, 6) is -3.11. The highest BCUT2D eigenvalue weighted by molar-refractivity contribution is 7.17. The summed E-state index contributed by atoms with van der Waals surface area (Å²) >= 11 is 1.43. The van der Waals surface area contributed by atoms with Gasteiger partial charge in [-0.2, -0.15) is 0 Å². The molecule has 0 spiro atoms. The molecule has 1 saturated carbocycles. The molecule has 28 heavy (non-hydrogen) atoms. The number of allylic oxidation sites excluding steroid dienone is 2. The van der Waals surface area contributed by atoms with Crippen molar-refractivity contribution in [3.05, 3.63) is 28.2 Å². The molecule has 0 saturated heterocycles. The van der Waals surface area contributed by atoms with Gasteiger partial charge in [0.15, 0.2) is 0 Å². The highest BCUT2D eigenvalue weighted by Crippen LogP contribution is 2.46. The van der Waals surface area contributed by atoms with Crippen LogP contribution in [0.2, 0.25) is 0 Å². The van der Waals surface area contributed by atoms with Crippen LogP contribution in [0.25, 0.3) is 0 Å². The van der Waals surface area contributed by atoms with Gasteiger partial charge in [0.1, 0.15) is 5.00 Å². The van der Waals surface area contributed by atoms with Crippen molar-refractivity contribution < 1.29 is 24.2 Å². The molecule has 0 aliphatic heterocycles. The number of rotatable bonds is 5. The molecule has 5 rings (SSSR count). The zero-order chi connectivity index (χ0) is 20.0. The average Bonchev–Trinajstić information content (AvgIpc) is 3.21. The number of carboxylic acids is 1. The normalized spacial score (nSPS) is 27.7. The van der Waals surface area contributed by atoms with Gasteiger partial charge in [-0.25, -0.2) is 4.79 Å². The molecular weight excluding hydrogens is 378 g/mol. The van der Waals surface area contributed by atoms with Crippen LogP contribution in [0.3, 0.4) is 0 Å². The molecule has 2 N–H and O–H groups in total. The summed E-state index contributed by atoms with van der Waals surface area (Å²) < 4.78 is 5.41. The Balaban J connectivity index is 1.62. The summed E-state index contributed by atoms with van der Waals surface area (Å²) in [6.07, 6.45) is 8.01. The number of hydrogen-bond donors (Lipinski definition) is 2. The number of carbonyl (C=O) groups excluding carboxylic acids is 2. The first kappa shape index (κ1) is 19.2. The summed E-state index contributed by atoms with van der Waals surface area (Å²) in [7, 11) is 0. The van der Waals surface area contributed by atoms with E-state index in [1.807, 2.05) is 12.2 Å². The molecule has 2 bridgehead atoms. The van der Waals surface area contributed by atoms with Gasteiger partial charge in [0.2, 0.25) is 5.91 Å². The minimum absolute atomic E-state index is 0.0658. The molecule has 6 nitrogen and oxygen atoms in total. The van der Waals surface area contributed by atoms with Gasteiger partial charge in [0, 0.05) is 4.88 Å². The van der Waals surface area contributed by atoms with Gasteiger partial charge >= 0.3 is 11.9 Å². The second kappa shape index (κ2) is 7.35. The molecule has 0 radical (unpaired) electrons. The number of carbonyl (C=O) groups is 3. The van der Waals surface area contributed by atoms with Crippen LogP contribution in [0.4, 0.5) is 5.00 Å². The van der Waals surface area contributed by atoms with Crippen LogP contribution in [-0.4, -0.2) is 29.1 Å². The highest BCUT2D eigenvalue weighted by atomic mass is 32.1. The minimum atomic E-state index is -0.924. The standard InChI is InChI=1S/C21H25NO5S/c1-10(2)27-21(26)17-13-4-3-5-14(13)28-19(17)22-18(23)15-11-6-8-12(9-7-11)16(15)20(24)25/h6,8,10-12,15-16H,3-5,7,9H2,1-2H3,(H,22,23)(H,24,25). The molecular formula is C21H25NO5S. The number of nitrogens with one attached hydrogen (secondary N) is 1. The molecule has 0 aromatic carbocycles. The topological polar surface area (TPSA) is 92.7 Å². The molecule has 4 atom stereocenters. The molecule has 1 fully saturated rings. The zero-order valence-corrected chi connectivity index (χ0v) is 16.9. The summed E-state index contributed by atoms with van der Waals surface area (Å²) in [5, 5.41) is 13.1. The molecule has 4 unspecified atom stereocenters. The molecule has 1 heterocycles. The lowest BCUT2D eigenvalue weighted by atomic mass is 9.62. The second-order valence-corrected chi connectivity index (χ2v) is 9.29. The maximum atomic E-state index is 13.1. The van der Waals surface area contributed by atoms with E-state index in [-0.39, 0.29) is 23.8 Å². The van der Waals surface area contributed by atoms with Crippen LogP contribution in [-0.2, 0) is 27.2 Å². The third kappa shape index (κ3) is 3.26. The van der Waals surface area contributed by atoms with Crippen molar-refractivity contribution in [2.75, 3.05) is 5.32 Å². The van der Waals surface area contributed by atoms with Gasteiger partial charge in [-0.1, -0.05) is 12.2 Å². The summed E-state index contributed by atoms with van der Waals surface area (Å²) in [4.78, 5) is 38.8. The predicted molar refractivity (Wildman–Crippen MR) is 105 cm³/mol. The fourth-order valence-electron chi connectivity index (χ4n) is 4.86. The van der Waals surface area contributed by atoms with Crippen LogP contribution in [0.1, 0.15) is 53.9 Å². The van der Waals surface area contributed by atoms with Crippen LogP contribution < -0.4 is 5.32 Å². The van der Waals surface area contributed by atoms with E-state index in [2.05, 4.69) is 5.32 Å². The first-order chi connectivity index (χ1) is 13.4. The summed E-state index contributed by atoms with van der Waals surface area (Å²) in [6.45, 7) is 3.59. The van der Waals surface area contributed by atoms with Crippen molar-refractivity contribution in [3.63, 3.8) is 0 Å². The minimum Gasteiger partial charge on any atom is -0.481 e. The van der Waals surface area contributed by atoms with Gasteiger partial charge in [0.05, 0.1) is 23.5 Å². The number of fused-ring (bicyclic) bond motifs is 3. The van der Waals surface area contributed by atoms with E-state index in [0.29, 0.717) is 10.6 Å². The van der Waals surface area contributed by atoms with Crippen LogP contribution >= 0.6 is 11.3 Å². The monoisotopic (exact) mass is 403 g/mol. The van der Waals surface area contributed by atoms with Crippen LogP contribution in [0, 0.1) is 23.7 Å². The van der Waals surface area contributed by atoms with Crippen molar-refractivity contribution in [2.45, 2.75) is 52.1 Å². The lowest BCUT2D eigenvalue weighted by Gasteiger charge is -2.41. The van der Waals surface area contributed by atoms with Crippen molar-refractivity contribution in [3.8, 4) is 0 Å². The SMILES string of the molecule is CC(C)OC(=O)c1c(NC(=O)C2C3C=CC(CC3)C2C(=O)O)sc2c1CCC2. The number of ether oxygens (including phenoxy) is 1. The maximum Gasteiger partial charge on any atom is 0.341 e. The van der Waals surface area contributed by atoms with Crippen molar-refractivity contribution in [1.29, 1.82) is 0 Å². The third-order valence-corrected chi connectivity index (χ3v) is 7.25. The lowest BCUT2D eigenvalue weighted by molar-refractivity contribution is -0.151. The van der Waals surface area contributed by atoms with E-state index < -0.39 is 23.8 Å². The highest BCUT2D eigenvalue weighted by Gasteiger charge is 2.48. The zero-order valence-electron chi connectivity index (χ0n) is 16.1. The Bertz CT molecular complexity index is 855. The van der Waals surface area contributed by atoms with E-state index in [1.54, 1.807) is 13.8 Å². The number of esters is 1.